The molecule has 0 bridgehead atoms. The third kappa shape index (κ3) is 6.94. The van der Waals surface area contributed by atoms with Crippen molar-refractivity contribution in [2.75, 3.05) is 52.0 Å². The molecule has 2 heterocycles. The Morgan fingerprint density at radius 2 is 1.91 bits per heavy atom. The second-order valence-corrected chi connectivity index (χ2v) is 8.85. The maximum absolute atomic E-state index is 12.8. The van der Waals surface area contributed by atoms with Crippen molar-refractivity contribution in [3.05, 3.63) is 39.6 Å². The number of rotatable bonds is 11. The van der Waals surface area contributed by atoms with E-state index < -0.39 is 18.9 Å². The van der Waals surface area contributed by atoms with Gasteiger partial charge in [0.2, 0.25) is 0 Å². The number of anilines is 1. The SMILES string of the molecule is CCc1nc(-c2ccc(Cl)cc2Cl)c(CC)nc1N[C@@H]1CN(C(=O)OCCOC)C[C@@H]1OCCF. The van der Waals surface area contributed by atoms with Crippen LogP contribution in [0.3, 0.4) is 0 Å². The van der Waals surface area contributed by atoms with E-state index in [0.29, 0.717) is 47.6 Å². The molecule has 0 spiro atoms. The van der Waals surface area contributed by atoms with Crippen LogP contribution in [0.2, 0.25) is 10.0 Å². The molecule has 2 atom stereocenters. The summed E-state index contributed by atoms with van der Waals surface area (Å²) in [5.74, 6) is 0.603. The van der Waals surface area contributed by atoms with Crippen LogP contribution in [-0.2, 0) is 27.1 Å². The number of methoxy groups -OCH3 is 1. The van der Waals surface area contributed by atoms with Crippen molar-refractivity contribution in [1.29, 1.82) is 0 Å². The van der Waals surface area contributed by atoms with Crippen LogP contribution in [0.25, 0.3) is 11.3 Å². The van der Waals surface area contributed by atoms with Crippen LogP contribution < -0.4 is 5.32 Å². The lowest BCUT2D eigenvalue weighted by Gasteiger charge is -2.22. The number of nitrogens with zero attached hydrogens (tertiary/aromatic N) is 3. The van der Waals surface area contributed by atoms with Crippen LogP contribution in [0, 0.1) is 0 Å². The van der Waals surface area contributed by atoms with Crippen molar-refractivity contribution in [3.63, 3.8) is 0 Å². The fraction of sp³-hybridized carbons (Fsp3) is 0.542. The summed E-state index contributed by atoms with van der Waals surface area (Å²) in [6.45, 7) is 4.36. The molecule has 192 valence electrons. The molecule has 0 radical (unpaired) electrons. The Kier molecular flexibility index (Phi) is 10.3. The smallest absolute Gasteiger partial charge is 0.410 e. The van der Waals surface area contributed by atoms with Gasteiger partial charge < -0.3 is 24.4 Å². The molecule has 11 heteroatoms. The van der Waals surface area contributed by atoms with E-state index in [2.05, 4.69) is 5.32 Å². The average molecular weight is 529 g/mol. The second-order valence-electron chi connectivity index (χ2n) is 8.01. The lowest BCUT2D eigenvalue weighted by atomic mass is 10.1. The zero-order valence-corrected chi connectivity index (χ0v) is 21.7. The first-order valence-corrected chi connectivity index (χ1v) is 12.4. The topological polar surface area (TPSA) is 85.8 Å². The Bertz CT molecular complexity index is 1010. The van der Waals surface area contributed by atoms with E-state index in [1.54, 1.807) is 12.1 Å². The molecule has 0 aliphatic carbocycles. The van der Waals surface area contributed by atoms with Crippen molar-refractivity contribution >= 4 is 35.1 Å². The molecule has 3 rings (SSSR count). The van der Waals surface area contributed by atoms with Gasteiger partial charge in [-0.15, -0.1) is 0 Å². The van der Waals surface area contributed by atoms with Crippen molar-refractivity contribution in [2.45, 2.75) is 38.8 Å². The van der Waals surface area contributed by atoms with E-state index in [0.717, 1.165) is 17.0 Å². The zero-order chi connectivity index (χ0) is 25.4. The number of ether oxygens (including phenoxy) is 3. The minimum Gasteiger partial charge on any atom is -0.447 e. The average Bonchev–Trinajstić information content (AvgIpc) is 3.25. The van der Waals surface area contributed by atoms with Gasteiger partial charge in [0, 0.05) is 24.2 Å². The quantitative estimate of drug-likeness (QED) is 0.418. The fourth-order valence-electron chi connectivity index (χ4n) is 3.92. The van der Waals surface area contributed by atoms with Crippen LogP contribution >= 0.6 is 23.2 Å². The molecule has 1 N–H and O–H groups in total. The molecule has 35 heavy (non-hydrogen) atoms. The number of aromatic nitrogens is 2. The van der Waals surface area contributed by atoms with Gasteiger partial charge >= 0.3 is 6.09 Å². The van der Waals surface area contributed by atoms with Gasteiger partial charge in [0.05, 0.1) is 54.0 Å². The maximum atomic E-state index is 12.8. The van der Waals surface area contributed by atoms with Gasteiger partial charge in [-0.1, -0.05) is 37.0 Å². The maximum Gasteiger partial charge on any atom is 0.410 e. The Balaban J connectivity index is 1.86. The Hall–Kier alpha value is -2.20. The summed E-state index contributed by atoms with van der Waals surface area (Å²) in [6, 6.07) is 4.98. The van der Waals surface area contributed by atoms with Gasteiger partial charge in [-0.05, 0) is 31.0 Å². The highest BCUT2D eigenvalue weighted by molar-refractivity contribution is 6.36. The number of alkyl halides is 1. The van der Waals surface area contributed by atoms with Crippen LogP contribution in [0.1, 0.15) is 25.2 Å². The van der Waals surface area contributed by atoms with Crippen LogP contribution in [0.5, 0.6) is 0 Å². The van der Waals surface area contributed by atoms with E-state index in [-0.39, 0.29) is 25.8 Å². The van der Waals surface area contributed by atoms with Crippen molar-refractivity contribution in [1.82, 2.24) is 14.9 Å². The molecule has 1 aromatic heterocycles. The molecule has 1 aromatic carbocycles. The lowest BCUT2D eigenvalue weighted by molar-refractivity contribution is 0.0404. The molecule has 1 amide bonds. The summed E-state index contributed by atoms with van der Waals surface area (Å²) in [6.07, 6.45) is 0.347. The number of aryl methyl sites for hydroxylation is 2. The van der Waals surface area contributed by atoms with Crippen molar-refractivity contribution in [3.8, 4) is 11.3 Å². The third-order valence-electron chi connectivity index (χ3n) is 5.66. The highest BCUT2D eigenvalue weighted by Gasteiger charge is 2.37. The molecule has 0 saturated carbocycles. The molecular formula is C24H31Cl2FN4O4. The first kappa shape index (κ1) is 27.4. The molecule has 1 aliphatic heterocycles. The number of benzene rings is 1. The van der Waals surface area contributed by atoms with Gasteiger partial charge in [-0.25, -0.2) is 19.2 Å². The van der Waals surface area contributed by atoms with Crippen LogP contribution in [0.15, 0.2) is 18.2 Å². The summed E-state index contributed by atoms with van der Waals surface area (Å²) in [5, 5.41) is 4.45. The highest BCUT2D eigenvalue weighted by Crippen LogP contribution is 2.33. The van der Waals surface area contributed by atoms with Gasteiger partial charge in [-0.3, -0.25) is 0 Å². The van der Waals surface area contributed by atoms with E-state index in [9.17, 15) is 9.18 Å². The number of nitrogens with one attached hydrogen (secondary N) is 1. The van der Waals surface area contributed by atoms with E-state index in [1.807, 2.05) is 19.9 Å². The van der Waals surface area contributed by atoms with E-state index in [4.69, 9.17) is 47.4 Å². The zero-order valence-electron chi connectivity index (χ0n) is 20.2. The lowest BCUT2D eigenvalue weighted by Crippen LogP contribution is -2.36. The first-order chi connectivity index (χ1) is 16.9. The summed E-state index contributed by atoms with van der Waals surface area (Å²) in [5.41, 5.74) is 2.98. The normalized spacial score (nSPS) is 17.6. The van der Waals surface area contributed by atoms with Crippen LogP contribution in [0.4, 0.5) is 15.0 Å². The summed E-state index contributed by atoms with van der Waals surface area (Å²) < 4.78 is 28.7. The molecule has 0 unspecified atom stereocenters. The number of hydrogen-bond donors (Lipinski definition) is 1. The summed E-state index contributed by atoms with van der Waals surface area (Å²) >= 11 is 12.5. The Labute approximate surface area is 215 Å². The number of amides is 1. The third-order valence-corrected chi connectivity index (χ3v) is 6.21. The van der Waals surface area contributed by atoms with Gasteiger partial charge in [0.1, 0.15) is 19.1 Å². The van der Waals surface area contributed by atoms with E-state index in [1.165, 1.54) is 12.0 Å². The molecule has 1 fully saturated rings. The molecule has 1 aliphatic rings. The van der Waals surface area contributed by atoms with Crippen molar-refractivity contribution < 1.29 is 23.4 Å². The Morgan fingerprint density at radius 1 is 1.14 bits per heavy atom. The summed E-state index contributed by atoms with van der Waals surface area (Å²) in [7, 11) is 1.54. The van der Waals surface area contributed by atoms with E-state index >= 15 is 0 Å². The first-order valence-electron chi connectivity index (χ1n) is 11.6. The molecular weight excluding hydrogens is 498 g/mol. The Morgan fingerprint density at radius 3 is 2.57 bits per heavy atom. The fourth-order valence-corrected chi connectivity index (χ4v) is 4.41. The van der Waals surface area contributed by atoms with Gasteiger partial charge in [-0.2, -0.15) is 0 Å². The second kappa shape index (κ2) is 13.2. The predicted octanol–water partition coefficient (Wildman–Crippen LogP) is 4.81. The molecule has 8 nitrogen and oxygen atoms in total. The van der Waals surface area contributed by atoms with Gasteiger partial charge in [0.25, 0.3) is 0 Å². The van der Waals surface area contributed by atoms with Crippen molar-refractivity contribution in [2.24, 2.45) is 0 Å². The van der Waals surface area contributed by atoms with Gasteiger partial charge in [0.15, 0.2) is 0 Å². The standard InChI is InChI=1S/C24H31Cl2FN4O4/c1-4-18-22(16-7-6-15(25)12-17(16)26)28-19(5-2)23(29-18)30-20-13-31(14-21(20)34-9-8-27)24(32)35-11-10-33-3/h6-7,12,20-21H,4-5,8-11,13-14H2,1-3H3,(H,29,30)/t20-,21+/m1/s1. The number of halogens is 3. The number of hydrogen-bond acceptors (Lipinski definition) is 7. The predicted molar refractivity (Wildman–Crippen MR) is 134 cm³/mol. The minimum atomic E-state index is -0.613. The molecule has 2 aromatic rings. The van der Waals surface area contributed by atoms with Crippen LogP contribution in [-0.4, -0.2) is 79.8 Å². The number of likely N-dealkylation sites (tertiary alicyclic amines) is 1. The molecule has 1 saturated heterocycles. The monoisotopic (exact) mass is 528 g/mol. The highest BCUT2D eigenvalue weighted by atomic mass is 35.5. The largest absolute Gasteiger partial charge is 0.447 e. The minimum absolute atomic E-state index is 0.0596. The number of carbonyl (C=O) groups is 1. The number of carbonyl (C=O) groups excluding carboxylic acids is 1. The summed E-state index contributed by atoms with van der Waals surface area (Å²) in [4.78, 5) is 23.7.